The van der Waals surface area contributed by atoms with Gasteiger partial charge < -0.3 is 15.0 Å². The smallest absolute Gasteiger partial charge is 0.235 e. The average molecular weight is 443 g/mol. The van der Waals surface area contributed by atoms with Crippen molar-refractivity contribution in [3.8, 4) is 6.07 Å². The maximum absolute atomic E-state index is 12.3. The number of anilines is 1. The van der Waals surface area contributed by atoms with Crippen molar-refractivity contribution >= 4 is 21.6 Å². The number of sulfone groups is 1. The molecule has 3 rings (SSSR count). The first-order chi connectivity index (χ1) is 14.7. The number of nitrogens with one attached hydrogen (secondary N) is 1. The van der Waals surface area contributed by atoms with Crippen LogP contribution in [0.5, 0.6) is 0 Å². The van der Waals surface area contributed by atoms with Gasteiger partial charge in [0, 0.05) is 25.8 Å². The Morgan fingerprint density at radius 2 is 1.81 bits per heavy atom. The zero-order valence-electron chi connectivity index (χ0n) is 17.6. The maximum atomic E-state index is 12.3. The fourth-order valence-electron chi connectivity index (χ4n) is 3.51. The minimum Gasteiger partial charge on any atom is -0.372 e. The van der Waals surface area contributed by atoms with Crippen molar-refractivity contribution in [2.45, 2.75) is 38.4 Å². The van der Waals surface area contributed by atoms with Crippen LogP contribution in [0.2, 0.25) is 0 Å². The van der Waals surface area contributed by atoms with Crippen molar-refractivity contribution in [2.75, 3.05) is 23.7 Å². The van der Waals surface area contributed by atoms with E-state index in [9.17, 15) is 13.2 Å². The lowest BCUT2D eigenvalue weighted by Crippen LogP contribution is -2.45. The van der Waals surface area contributed by atoms with E-state index < -0.39 is 21.5 Å². The molecule has 8 nitrogen and oxygen atoms in total. The lowest BCUT2D eigenvalue weighted by molar-refractivity contribution is -0.118. The summed E-state index contributed by atoms with van der Waals surface area (Å²) in [4.78, 5) is 18.8. The standard InChI is InChI=1S/C22H26N4O4S/c1-16-12-26(13-17(2)30-16)21-8-7-20(10-24-21)11-25-22(27)15-31(28,29)14-19-5-3-18(9-23)4-6-19/h3-8,10,16-17H,11-15H2,1-2H3,(H,25,27). The van der Waals surface area contributed by atoms with Crippen LogP contribution >= 0.6 is 0 Å². The van der Waals surface area contributed by atoms with Crippen LogP contribution in [0.4, 0.5) is 5.82 Å². The van der Waals surface area contributed by atoms with Gasteiger partial charge in [-0.1, -0.05) is 18.2 Å². The molecule has 1 N–H and O–H groups in total. The Labute approximate surface area is 182 Å². The van der Waals surface area contributed by atoms with E-state index in [1.807, 2.05) is 32.0 Å². The summed E-state index contributed by atoms with van der Waals surface area (Å²) in [6, 6.07) is 12.0. The summed E-state index contributed by atoms with van der Waals surface area (Å²) < 4.78 is 30.3. The molecule has 1 aliphatic heterocycles. The summed E-state index contributed by atoms with van der Waals surface area (Å²) in [5.74, 6) is -0.559. The summed E-state index contributed by atoms with van der Waals surface area (Å²) in [5.41, 5.74) is 1.78. The van der Waals surface area contributed by atoms with Gasteiger partial charge in [-0.3, -0.25) is 4.79 Å². The Balaban J connectivity index is 1.50. The van der Waals surface area contributed by atoms with Crippen LogP contribution in [0.15, 0.2) is 42.6 Å². The van der Waals surface area contributed by atoms with E-state index in [1.165, 1.54) is 0 Å². The largest absolute Gasteiger partial charge is 0.372 e. The Kier molecular flexibility index (Phi) is 7.25. The third kappa shape index (κ3) is 6.77. The Hall–Kier alpha value is -2.96. The van der Waals surface area contributed by atoms with Crippen LogP contribution in [-0.4, -0.2) is 50.4 Å². The van der Waals surface area contributed by atoms with Crippen LogP contribution in [0.25, 0.3) is 0 Å². The molecule has 0 aliphatic carbocycles. The van der Waals surface area contributed by atoms with E-state index in [-0.39, 0.29) is 24.5 Å². The van der Waals surface area contributed by atoms with Crippen molar-refractivity contribution in [3.63, 3.8) is 0 Å². The Morgan fingerprint density at radius 3 is 2.39 bits per heavy atom. The van der Waals surface area contributed by atoms with Crippen LogP contribution in [0, 0.1) is 11.3 Å². The second kappa shape index (κ2) is 9.90. The molecule has 2 unspecified atom stereocenters. The number of hydrogen-bond donors (Lipinski definition) is 1. The molecule has 0 spiro atoms. The zero-order chi connectivity index (χ0) is 22.4. The van der Waals surface area contributed by atoms with Gasteiger partial charge in [-0.05, 0) is 43.2 Å². The van der Waals surface area contributed by atoms with E-state index in [0.717, 1.165) is 24.5 Å². The molecule has 1 fully saturated rings. The highest BCUT2D eigenvalue weighted by atomic mass is 32.2. The predicted octanol–water partition coefficient (Wildman–Crippen LogP) is 1.80. The summed E-state index contributed by atoms with van der Waals surface area (Å²) in [6.07, 6.45) is 1.96. The first-order valence-electron chi connectivity index (χ1n) is 10.1. The van der Waals surface area contributed by atoms with Crippen molar-refractivity contribution in [1.29, 1.82) is 5.26 Å². The van der Waals surface area contributed by atoms with E-state index in [2.05, 4.69) is 15.2 Å². The average Bonchev–Trinajstić information content (AvgIpc) is 2.72. The highest BCUT2D eigenvalue weighted by Crippen LogP contribution is 2.18. The molecule has 1 saturated heterocycles. The molecule has 164 valence electrons. The topological polar surface area (TPSA) is 112 Å². The number of hydrogen-bond acceptors (Lipinski definition) is 7. The molecule has 2 aromatic rings. The van der Waals surface area contributed by atoms with Gasteiger partial charge in [0.15, 0.2) is 9.84 Å². The van der Waals surface area contributed by atoms with E-state index in [0.29, 0.717) is 11.1 Å². The minimum absolute atomic E-state index is 0.135. The number of benzene rings is 1. The van der Waals surface area contributed by atoms with Gasteiger partial charge in [-0.2, -0.15) is 5.26 Å². The molecule has 0 bridgehead atoms. The normalized spacial score (nSPS) is 18.9. The minimum atomic E-state index is -3.62. The number of carbonyl (C=O) groups excluding carboxylic acids is 1. The third-order valence-electron chi connectivity index (χ3n) is 4.86. The summed E-state index contributed by atoms with van der Waals surface area (Å²) in [7, 11) is -3.62. The number of nitriles is 1. The van der Waals surface area contributed by atoms with Gasteiger partial charge >= 0.3 is 0 Å². The highest BCUT2D eigenvalue weighted by Gasteiger charge is 2.23. The van der Waals surface area contributed by atoms with Gasteiger partial charge in [0.2, 0.25) is 5.91 Å². The van der Waals surface area contributed by atoms with Gasteiger partial charge in [-0.25, -0.2) is 13.4 Å². The van der Waals surface area contributed by atoms with Gasteiger partial charge in [0.25, 0.3) is 0 Å². The molecule has 1 aliphatic rings. The molecule has 1 aromatic heterocycles. The molecular formula is C22H26N4O4S. The SMILES string of the molecule is CC1CN(c2ccc(CNC(=O)CS(=O)(=O)Cc3ccc(C#N)cc3)cn2)CC(C)O1. The summed E-state index contributed by atoms with van der Waals surface area (Å²) >= 11 is 0. The fraction of sp³-hybridized carbons (Fsp3) is 0.409. The zero-order valence-corrected chi connectivity index (χ0v) is 18.4. The predicted molar refractivity (Wildman–Crippen MR) is 117 cm³/mol. The van der Waals surface area contributed by atoms with Gasteiger partial charge in [0.1, 0.15) is 11.6 Å². The second-order valence-corrected chi connectivity index (χ2v) is 9.87. The molecule has 0 radical (unpaired) electrons. The number of rotatable bonds is 7. The molecule has 9 heteroatoms. The monoisotopic (exact) mass is 442 g/mol. The molecule has 2 heterocycles. The van der Waals surface area contributed by atoms with Gasteiger partial charge in [0.05, 0.1) is 29.6 Å². The number of morpholine rings is 1. The third-order valence-corrected chi connectivity index (χ3v) is 6.34. The highest BCUT2D eigenvalue weighted by molar-refractivity contribution is 7.91. The maximum Gasteiger partial charge on any atom is 0.235 e. The number of aromatic nitrogens is 1. The number of carbonyl (C=O) groups is 1. The quantitative estimate of drug-likeness (QED) is 0.696. The lowest BCUT2D eigenvalue weighted by Gasteiger charge is -2.36. The molecule has 0 saturated carbocycles. The van der Waals surface area contributed by atoms with Crippen molar-refractivity contribution in [1.82, 2.24) is 10.3 Å². The Bertz CT molecular complexity index is 1040. The number of pyridine rings is 1. The second-order valence-electron chi connectivity index (χ2n) is 7.80. The number of ether oxygens (including phenoxy) is 1. The lowest BCUT2D eigenvalue weighted by atomic mass is 10.2. The van der Waals surface area contributed by atoms with Crippen LogP contribution in [0.3, 0.4) is 0 Å². The molecule has 1 aromatic carbocycles. The van der Waals surface area contributed by atoms with E-state index in [1.54, 1.807) is 30.5 Å². The van der Waals surface area contributed by atoms with Gasteiger partial charge in [-0.15, -0.1) is 0 Å². The molecule has 31 heavy (non-hydrogen) atoms. The van der Waals surface area contributed by atoms with Crippen molar-refractivity contribution in [3.05, 3.63) is 59.3 Å². The fourth-order valence-corrected chi connectivity index (χ4v) is 4.81. The Morgan fingerprint density at radius 1 is 1.16 bits per heavy atom. The molecule has 2 atom stereocenters. The van der Waals surface area contributed by atoms with Crippen LogP contribution in [-0.2, 0) is 31.7 Å². The number of nitrogens with zero attached hydrogens (tertiary/aromatic N) is 3. The van der Waals surface area contributed by atoms with Crippen LogP contribution in [0.1, 0.15) is 30.5 Å². The first kappa shape index (κ1) is 22.7. The van der Waals surface area contributed by atoms with Crippen LogP contribution < -0.4 is 10.2 Å². The van der Waals surface area contributed by atoms with Crippen molar-refractivity contribution < 1.29 is 17.9 Å². The number of amides is 1. The summed E-state index contributed by atoms with van der Waals surface area (Å²) in [6.45, 7) is 5.80. The van der Waals surface area contributed by atoms with E-state index in [4.69, 9.17) is 10.00 Å². The summed E-state index contributed by atoms with van der Waals surface area (Å²) in [5, 5.41) is 11.4. The molecular weight excluding hydrogens is 416 g/mol. The molecule has 1 amide bonds. The first-order valence-corrected chi connectivity index (χ1v) is 11.9. The van der Waals surface area contributed by atoms with Crippen molar-refractivity contribution in [2.24, 2.45) is 0 Å². The van der Waals surface area contributed by atoms with E-state index >= 15 is 0 Å².